The molecule has 0 fully saturated rings. The fourth-order valence-corrected chi connectivity index (χ4v) is 4.11. The van der Waals surface area contributed by atoms with Gasteiger partial charge in [-0.05, 0) is 35.9 Å². The Hall–Kier alpha value is -3.37. The normalized spacial score (nSPS) is 12.6. The summed E-state index contributed by atoms with van der Waals surface area (Å²) in [6, 6.07) is 4.63. The molecule has 0 atom stereocenters. The standard InChI is InChI=1S/C17H16F3N5O6S2/c1-21-33(30,31)23-14-8-22-7-6-11(14)9-24-10-15(26)25(16(24)27)12-2-4-13(5-3-12)32(28,29)17(18,19)20/h2-8,10,21,23,26H,9H2,1H3. The van der Waals surface area contributed by atoms with Crippen molar-refractivity contribution >= 4 is 25.7 Å². The number of aromatic hydroxyl groups is 1. The van der Waals surface area contributed by atoms with Gasteiger partial charge in [-0.1, -0.05) is 0 Å². The van der Waals surface area contributed by atoms with E-state index in [1.807, 2.05) is 0 Å². The number of imidazole rings is 1. The molecule has 3 N–H and O–H groups in total. The molecular formula is C17H16F3N5O6S2. The van der Waals surface area contributed by atoms with Crippen LogP contribution in [0.15, 0.2) is 58.6 Å². The van der Waals surface area contributed by atoms with Crippen LogP contribution in [0.1, 0.15) is 5.56 Å². The molecule has 33 heavy (non-hydrogen) atoms. The number of alkyl halides is 3. The van der Waals surface area contributed by atoms with E-state index in [9.17, 15) is 39.9 Å². The van der Waals surface area contributed by atoms with Gasteiger partial charge in [-0.3, -0.25) is 14.3 Å². The Morgan fingerprint density at radius 3 is 2.30 bits per heavy atom. The third kappa shape index (κ3) is 4.86. The molecule has 0 unspecified atom stereocenters. The Morgan fingerprint density at radius 2 is 1.73 bits per heavy atom. The minimum absolute atomic E-state index is 0.0627. The van der Waals surface area contributed by atoms with Crippen molar-refractivity contribution in [2.45, 2.75) is 16.9 Å². The lowest BCUT2D eigenvalue weighted by Crippen LogP contribution is -2.28. The summed E-state index contributed by atoms with van der Waals surface area (Å²) >= 11 is 0. The lowest BCUT2D eigenvalue weighted by Gasteiger charge is -2.11. The van der Waals surface area contributed by atoms with Crippen molar-refractivity contribution in [1.82, 2.24) is 18.8 Å². The quantitative estimate of drug-likeness (QED) is 0.431. The summed E-state index contributed by atoms with van der Waals surface area (Å²) in [4.78, 5) is 15.6. The largest absolute Gasteiger partial charge is 0.501 e. The summed E-state index contributed by atoms with van der Waals surface area (Å²) in [5.41, 5.74) is -6.03. The molecule has 3 aromatic rings. The molecule has 0 aliphatic rings. The molecule has 0 saturated heterocycles. The average molecular weight is 507 g/mol. The Kier molecular flexibility index (Phi) is 6.27. The molecule has 11 nitrogen and oxygen atoms in total. The maximum atomic E-state index is 12.8. The molecule has 0 amide bonds. The van der Waals surface area contributed by atoms with E-state index in [2.05, 4.69) is 14.4 Å². The van der Waals surface area contributed by atoms with Crippen LogP contribution in [0.25, 0.3) is 5.69 Å². The smallest absolute Gasteiger partial charge is 0.493 e. The number of aromatic nitrogens is 3. The molecule has 2 heterocycles. The van der Waals surface area contributed by atoms with Crippen LogP contribution >= 0.6 is 0 Å². The van der Waals surface area contributed by atoms with Gasteiger partial charge in [-0.15, -0.1) is 0 Å². The van der Waals surface area contributed by atoms with Gasteiger partial charge in [0.2, 0.25) is 5.88 Å². The molecule has 0 saturated carbocycles. The Bertz CT molecular complexity index is 1450. The maximum Gasteiger partial charge on any atom is 0.501 e. The van der Waals surface area contributed by atoms with E-state index >= 15 is 0 Å². The number of sulfone groups is 1. The van der Waals surface area contributed by atoms with Crippen molar-refractivity contribution in [3.63, 3.8) is 0 Å². The summed E-state index contributed by atoms with van der Waals surface area (Å²) in [5.74, 6) is -0.585. The summed E-state index contributed by atoms with van der Waals surface area (Å²) in [6.45, 7) is -0.204. The number of pyridine rings is 1. The second-order valence-corrected chi connectivity index (χ2v) is 10.1. The number of benzene rings is 1. The van der Waals surface area contributed by atoms with E-state index in [0.717, 1.165) is 27.5 Å². The SMILES string of the molecule is CNS(=O)(=O)Nc1cnccc1Cn1cc(O)n(-c2ccc(S(=O)(=O)C(F)(F)F)cc2)c1=O. The summed E-state index contributed by atoms with van der Waals surface area (Å²) in [6.07, 6.45) is 3.60. The zero-order chi connectivity index (χ0) is 24.6. The minimum Gasteiger partial charge on any atom is -0.493 e. The first kappa shape index (κ1) is 24.3. The van der Waals surface area contributed by atoms with Gasteiger partial charge in [0.05, 0.1) is 35.2 Å². The van der Waals surface area contributed by atoms with Crippen LogP contribution in [-0.2, 0) is 26.6 Å². The number of halogens is 3. The third-order valence-electron chi connectivity index (χ3n) is 4.41. The van der Waals surface area contributed by atoms with Gasteiger partial charge < -0.3 is 5.11 Å². The highest BCUT2D eigenvalue weighted by atomic mass is 32.2. The molecule has 16 heteroatoms. The first-order chi connectivity index (χ1) is 15.3. The molecule has 1 aromatic carbocycles. The number of nitrogens with one attached hydrogen (secondary N) is 2. The van der Waals surface area contributed by atoms with Gasteiger partial charge in [0, 0.05) is 13.2 Å². The van der Waals surface area contributed by atoms with Crippen molar-refractivity contribution in [1.29, 1.82) is 0 Å². The number of anilines is 1. The highest BCUT2D eigenvalue weighted by Crippen LogP contribution is 2.30. The molecule has 0 aliphatic heterocycles. The fourth-order valence-electron chi connectivity index (χ4n) is 2.78. The Morgan fingerprint density at radius 1 is 1.09 bits per heavy atom. The Labute approximate surface area is 185 Å². The average Bonchev–Trinajstić information content (AvgIpc) is 3.01. The maximum absolute atomic E-state index is 12.8. The van der Waals surface area contributed by atoms with E-state index in [4.69, 9.17) is 0 Å². The van der Waals surface area contributed by atoms with Crippen LogP contribution < -0.4 is 15.1 Å². The van der Waals surface area contributed by atoms with Crippen molar-refractivity contribution < 1.29 is 35.1 Å². The van der Waals surface area contributed by atoms with Crippen molar-refractivity contribution in [2.75, 3.05) is 11.8 Å². The van der Waals surface area contributed by atoms with Gasteiger partial charge in [-0.2, -0.15) is 21.6 Å². The molecule has 0 spiro atoms. The van der Waals surface area contributed by atoms with Crippen LogP contribution in [0.5, 0.6) is 5.88 Å². The highest BCUT2D eigenvalue weighted by molar-refractivity contribution is 7.92. The van der Waals surface area contributed by atoms with Gasteiger partial charge in [-0.25, -0.2) is 22.5 Å². The first-order valence-electron chi connectivity index (χ1n) is 8.84. The van der Waals surface area contributed by atoms with Crippen LogP contribution in [0.4, 0.5) is 18.9 Å². The van der Waals surface area contributed by atoms with E-state index in [1.54, 1.807) is 0 Å². The van der Waals surface area contributed by atoms with Gasteiger partial charge in [0.25, 0.3) is 20.0 Å². The Balaban J connectivity index is 1.97. The molecule has 0 aliphatic carbocycles. The molecular weight excluding hydrogens is 491 g/mol. The highest BCUT2D eigenvalue weighted by Gasteiger charge is 2.46. The zero-order valence-corrected chi connectivity index (χ0v) is 18.2. The predicted octanol–water partition coefficient (Wildman–Crippen LogP) is 0.957. The van der Waals surface area contributed by atoms with Gasteiger partial charge >= 0.3 is 11.2 Å². The summed E-state index contributed by atoms with van der Waals surface area (Å²) in [7, 11) is -8.27. The van der Waals surface area contributed by atoms with Crippen LogP contribution in [0.2, 0.25) is 0 Å². The lowest BCUT2D eigenvalue weighted by atomic mass is 10.2. The van der Waals surface area contributed by atoms with Crippen molar-refractivity contribution in [3.05, 3.63) is 65.0 Å². The van der Waals surface area contributed by atoms with Crippen molar-refractivity contribution in [3.8, 4) is 11.6 Å². The number of rotatable bonds is 7. The lowest BCUT2D eigenvalue weighted by molar-refractivity contribution is -0.0436. The monoisotopic (exact) mass is 507 g/mol. The molecule has 178 valence electrons. The van der Waals surface area contributed by atoms with Crippen molar-refractivity contribution in [2.24, 2.45) is 0 Å². The van der Waals surface area contributed by atoms with Gasteiger partial charge in [0.15, 0.2) is 0 Å². The van der Waals surface area contributed by atoms with Crippen LogP contribution in [0, 0.1) is 0 Å². The molecule has 0 radical (unpaired) electrons. The van der Waals surface area contributed by atoms with E-state index in [1.165, 1.54) is 25.5 Å². The van der Waals surface area contributed by atoms with Crippen LogP contribution in [0.3, 0.4) is 0 Å². The van der Waals surface area contributed by atoms with E-state index in [0.29, 0.717) is 17.7 Å². The first-order valence-corrected chi connectivity index (χ1v) is 11.8. The minimum atomic E-state index is -5.58. The van der Waals surface area contributed by atoms with E-state index < -0.39 is 42.0 Å². The molecule has 0 bridgehead atoms. The number of hydrogen-bond donors (Lipinski definition) is 3. The summed E-state index contributed by atoms with van der Waals surface area (Å²) in [5, 5.41) is 10.2. The second-order valence-electron chi connectivity index (χ2n) is 6.52. The van der Waals surface area contributed by atoms with Crippen LogP contribution in [-0.4, -0.2) is 48.6 Å². The topological polar surface area (TPSA) is 152 Å². The number of nitrogens with zero attached hydrogens (tertiary/aromatic N) is 3. The van der Waals surface area contributed by atoms with Gasteiger partial charge in [0.1, 0.15) is 0 Å². The molecule has 3 rings (SSSR count). The fraction of sp³-hybridized carbons (Fsp3) is 0.176. The summed E-state index contributed by atoms with van der Waals surface area (Å²) < 4.78 is 90.7. The second kappa shape index (κ2) is 8.53. The number of hydrogen-bond acceptors (Lipinski definition) is 7. The predicted molar refractivity (Wildman–Crippen MR) is 110 cm³/mol. The third-order valence-corrected chi connectivity index (χ3v) is 6.94. The zero-order valence-electron chi connectivity index (χ0n) is 16.6. The van der Waals surface area contributed by atoms with E-state index in [-0.39, 0.29) is 17.9 Å². The molecule has 2 aromatic heterocycles.